The fourth-order valence-corrected chi connectivity index (χ4v) is 21.2. The molecule has 0 bridgehead atoms. The van der Waals surface area contributed by atoms with Gasteiger partial charge in [0.2, 0.25) is 23.4 Å². The van der Waals surface area contributed by atoms with E-state index >= 15 is 35.1 Å². The van der Waals surface area contributed by atoms with Crippen molar-refractivity contribution in [2.24, 2.45) is 0 Å². The van der Waals surface area contributed by atoms with Crippen molar-refractivity contribution in [3.8, 4) is 23.0 Å². The monoisotopic (exact) mass is 2180 g/mol. The van der Waals surface area contributed by atoms with Gasteiger partial charge in [-0.1, -0.05) is 166 Å². The lowest BCUT2D eigenvalue weighted by molar-refractivity contribution is -0.179. The quantitative estimate of drug-likeness (QED) is 0.0329. The molecule has 0 amide bonds. The molecule has 4 aromatic carbocycles. The number of aliphatic hydroxyl groups is 4. The number of H-pyrrole nitrogens is 4. The Bertz CT molecular complexity index is 7530. The number of alkyl halides is 4. The van der Waals surface area contributed by atoms with Crippen LogP contribution in [0.1, 0.15) is 292 Å². The van der Waals surface area contributed by atoms with Gasteiger partial charge in [0.1, 0.15) is 97.0 Å². The highest BCUT2D eigenvalue weighted by atomic mass is 31.2. The number of phosphoric acid groups is 4. The van der Waals surface area contributed by atoms with Crippen molar-refractivity contribution in [3.63, 3.8) is 0 Å². The lowest BCUT2D eigenvalue weighted by atomic mass is 9.78. The summed E-state index contributed by atoms with van der Waals surface area (Å²) in [6.07, 6.45) is -16.2. The van der Waals surface area contributed by atoms with Crippen molar-refractivity contribution in [2.45, 2.75) is 334 Å². The molecule has 52 heteroatoms. The molecule has 16 rings (SSSR count). The summed E-state index contributed by atoms with van der Waals surface area (Å²) in [5.74, 6) is -15.4. The molecule has 0 saturated carbocycles. The van der Waals surface area contributed by atoms with Crippen LogP contribution in [0.4, 0.5) is 35.1 Å². The van der Waals surface area contributed by atoms with Gasteiger partial charge in [0.25, 0.3) is 22.2 Å². The van der Waals surface area contributed by atoms with E-state index in [1.807, 2.05) is 165 Å². The molecule has 0 radical (unpaired) electrons. The lowest BCUT2D eigenvalue weighted by Crippen LogP contribution is -2.35. The van der Waals surface area contributed by atoms with E-state index in [-0.39, 0.29) is 45.3 Å². The number of hydrogen-bond acceptors (Lipinski definition) is 32. The highest BCUT2D eigenvalue weighted by Crippen LogP contribution is 2.64. The summed E-state index contributed by atoms with van der Waals surface area (Å²) < 4.78 is 314. The smallest absolute Gasteiger partial charge is 0.403 e. The first-order chi connectivity index (χ1) is 69.9. The van der Waals surface area contributed by atoms with Gasteiger partial charge in [0, 0.05) is 97.0 Å². The summed E-state index contributed by atoms with van der Waals surface area (Å²) in [5.41, 5.74) is -8.37. The maximum Gasteiger partial charge on any atom is 0.530 e. The van der Waals surface area contributed by atoms with Crippen LogP contribution in [0.5, 0.6) is 23.0 Å². The third-order valence-corrected chi connectivity index (χ3v) is 29.1. The number of rotatable bonds is 16. The summed E-state index contributed by atoms with van der Waals surface area (Å²) in [4.78, 5) is 101. The second-order valence-corrected chi connectivity index (χ2v) is 50.9. The third-order valence-electron chi connectivity index (χ3n) is 24.2. The highest BCUT2D eigenvalue weighted by molar-refractivity contribution is 7.49. The number of ether oxygens (including phenoxy) is 4. The number of nitrogens with one attached hydrogen (secondary N) is 4. The molecule has 4 saturated heterocycles. The predicted octanol–water partition coefficient (Wildman–Crippen LogP) is 15.8. The minimum atomic E-state index is -5.00. The summed E-state index contributed by atoms with van der Waals surface area (Å²) in [6, 6.07) is 10.1. The second-order valence-electron chi connectivity index (χ2n) is 44.7. The van der Waals surface area contributed by atoms with E-state index in [0.29, 0.717) is 58.2 Å². The first-order valence-electron chi connectivity index (χ1n) is 49.4. The molecule has 16 atom stereocenters. The molecule has 0 spiro atoms. The van der Waals surface area contributed by atoms with Crippen molar-refractivity contribution in [1.29, 1.82) is 0 Å². The van der Waals surface area contributed by atoms with E-state index in [2.05, 4.69) is 0 Å². The molecule has 40 nitrogen and oxygen atoms in total. The van der Waals surface area contributed by atoms with E-state index in [1.54, 1.807) is 45.0 Å². The van der Waals surface area contributed by atoms with Gasteiger partial charge in [-0.15, -0.1) is 0 Å². The van der Waals surface area contributed by atoms with Crippen LogP contribution in [0, 0.1) is 23.3 Å². The molecule has 12 heterocycles. The average Bonchev–Trinajstić information content (AvgIpc) is 1.50. The first kappa shape index (κ1) is 107. The molecule has 8 aliphatic heterocycles. The summed E-state index contributed by atoms with van der Waals surface area (Å²) >= 11 is 0. The maximum atomic E-state index is 16.0. The van der Waals surface area contributed by atoms with Crippen molar-refractivity contribution in [3.05, 3.63) is 247 Å². The van der Waals surface area contributed by atoms with Gasteiger partial charge in [-0.05, 0) is 89.8 Å². The Balaban J connectivity index is 0.000000170. The Labute approximate surface area is 851 Å². The molecule has 148 heavy (non-hydrogen) atoms. The topological polar surface area (TPSA) is 516 Å². The van der Waals surface area contributed by atoms with Crippen molar-refractivity contribution < 1.29 is 155 Å². The predicted molar refractivity (Wildman–Crippen MR) is 515 cm³/mol. The zero-order chi connectivity index (χ0) is 116. The Hall–Kier alpha value is -9.48. The number of aromatic nitrogens is 8. The van der Waals surface area contributed by atoms with Crippen LogP contribution in [-0.4, -0.2) is 133 Å². The largest absolute Gasteiger partial charge is 0.530 e. The Kier molecular flexibility index (Phi) is 29.5. The third kappa shape index (κ3) is 25.3. The van der Waals surface area contributed by atoms with Crippen LogP contribution in [0.15, 0.2) is 112 Å². The standard InChI is InChI=1S/4C24H31F2N2O8P/c4*1-22(2,3)14-9-15(23(4,5)6)19-13(18(14)25)11-33-37(32,36-19)34-12-24(26)10-16(29)20(35-24)28-8-7-17(30)27-21(28)31/h4*7-9,16,20,29H,10-12H2,1-6H3,(H,27,30,31)/t4*16-,20-,24+,37?/m1111/s1/i12D2,20D;20D;12D2;. The molecule has 4 aromatic heterocycles. The van der Waals surface area contributed by atoms with Gasteiger partial charge in [-0.25, -0.2) is 72.6 Å². The Morgan fingerprint density at radius 2 is 0.547 bits per heavy atom. The fraction of sp³-hybridized carbons (Fsp3) is 0.583. The average molecular weight is 2180 g/mol. The van der Waals surface area contributed by atoms with E-state index in [1.165, 1.54) is 0 Å². The van der Waals surface area contributed by atoms with E-state index in [4.69, 9.17) is 81.5 Å². The SMILES string of the molecule is CC(C)(C)c1cc(C(C)(C)C)c2c(c1F)COP(=O)(OC[C@]1(F)C[C@@H](O)[C@H](n3ccc(=O)[nH]c3=O)O1)O2.[2H]C([2H])(OP1(=O)OCc2c(F)c(C(C)(C)C)cc(C(C)(C)C)c2O1)[C@]1(F)C[C@@H](O)[C@H](n2ccc(=O)[nH]c2=O)O1.[2H]C([2H])(OP1(=O)OCc2c(F)c(C(C)(C)C)cc(C(C)(C)C)c2O1)[C@]1(F)C[C@@H](O)[C@]([2H])(n2ccc(=O)[nH]c2=O)O1.[2H][C@@]1(n2ccc(=O)[nH]c2=O)O[C@](F)(COP2(=O)OCc3c(F)c(C(C)(C)C)cc(C(C)(C)C)c3O2)C[C@H]1O. The number of phosphoric ester groups is 4. The van der Waals surface area contributed by atoms with Crippen molar-refractivity contribution >= 4 is 31.3 Å². The fourth-order valence-electron chi connectivity index (χ4n) is 16.5. The molecule has 8 N–H and O–H groups in total. The summed E-state index contributed by atoms with van der Waals surface area (Å²) in [7, 11) is -18.9. The molecule has 4 unspecified atom stereocenters. The first-order valence-corrected chi connectivity index (χ1v) is 52.2. The maximum absolute atomic E-state index is 16.0. The van der Waals surface area contributed by atoms with Crippen LogP contribution < -0.4 is 63.1 Å². The number of hydrogen-bond donors (Lipinski definition) is 8. The summed E-state index contributed by atoms with van der Waals surface area (Å²) in [5, 5.41) is 41.5. The molecular weight excluding hydrogens is 2050 g/mol. The second kappa shape index (κ2) is 40.8. The van der Waals surface area contributed by atoms with Gasteiger partial charge in [-0.3, -0.25) is 93.6 Å². The Morgan fingerprint density at radius 1 is 0.338 bits per heavy atom. The van der Waals surface area contributed by atoms with E-state index in [0.717, 1.165) is 53.6 Å². The zero-order valence-corrected chi connectivity index (χ0v) is 88.9. The van der Waals surface area contributed by atoms with Crippen molar-refractivity contribution in [1.82, 2.24) is 38.2 Å². The van der Waals surface area contributed by atoms with Crippen LogP contribution in [0.25, 0.3) is 0 Å². The molecular formula is C96H124F8N8O32P4. The van der Waals surface area contributed by atoms with Gasteiger partial charge in [0.15, 0.2) is 24.9 Å². The molecule has 0 aliphatic carbocycles. The number of aromatic amines is 4. The van der Waals surface area contributed by atoms with E-state index in [9.17, 15) is 77.0 Å². The highest BCUT2D eigenvalue weighted by Gasteiger charge is 2.57. The van der Waals surface area contributed by atoms with E-state index < -0.39 is 294 Å². The number of benzene rings is 4. The Morgan fingerprint density at radius 3 is 0.804 bits per heavy atom. The van der Waals surface area contributed by atoms with Crippen LogP contribution in [0.2, 0.25) is 0 Å². The zero-order valence-electron chi connectivity index (χ0n) is 91.3. The molecule has 8 aromatic rings. The number of nitrogens with zero attached hydrogens (tertiary/aromatic N) is 4. The lowest BCUT2D eigenvalue weighted by Gasteiger charge is -2.34. The molecule has 8 aliphatic rings. The minimum absolute atomic E-state index is 0.0190. The van der Waals surface area contributed by atoms with Gasteiger partial charge in [-0.2, -0.15) is 0 Å². The molecule has 816 valence electrons. The van der Waals surface area contributed by atoms with Crippen LogP contribution in [-0.2, 0) is 143 Å². The number of fused-ring (bicyclic) bond motifs is 4. The summed E-state index contributed by atoms with van der Waals surface area (Å²) in [6.45, 7) is 32.7. The van der Waals surface area contributed by atoms with Crippen LogP contribution >= 0.6 is 31.3 Å². The van der Waals surface area contributed by atoms with Crippen molar-refractivity contribution in [2.75, 3.05) is 26.3 Å². The van der Waals surface area contributed by atoms with Gasteiger partial charge in [0.05, 0.1) is 56.9 Å². The van der Waals surface area contributed by atoms with Crippen LogP contribution in [0.3, 0.4) is 0 Å². The van der Waals surface area contributed by atoms with Gasteiger partial charge >= 0.3 is 54.0 Å². The van der Waals surface area contributed by atoms with Gasteiger partial charge < -0.3 is 57.5 Å². The number of aliphatic hydroxyl groups excluding tert-OH is 4. The minimum Gasteiger partial charge on any atom is -0.403 e. The normalized spacial score (nSPS) is 29.9. The number of halogens is 8. The molecule has 4 fully saturated rings.